The third-order valence-electron chi connectivity index (χ3n) is 2.55. The molecule has 0 amide bonds. The molecule has 0 fully saturated rings. The van der Waals surface area contributed by atoms with Crippen LogP contribution in [0, 0.1) is 0 Å². The van der Waals surface area contributed by atoms with Gasteiger partial charge in [-0.3, -0.25) is 0 Å². The van der Waals surface area contributed by atoms with E-state index in [4.69, 9.17) is 10.3 Å². The molecule has 0 aliphatic carbocycles. The molecular formula is C12H12F2N2O4S. The van der Waals surface area contributed by atoms with Gasteiger partial charge in [-0.1, -0.05) is 17.3 Å². The Labute approximate surface area is 119 Å². The Hall–Kier alpha value is -2.16. The SMILES string of the molecule is CS(=O)(=O)Cc1onc(N)c1-c1ccc(OC(F)F)cc1. The molecule has 6 nitrogen and oxygen atoms in total. The summed E-state index contributed by atoms with van der Waals surface area (Å²) >= 11 is 0. The second kappa shape index (κ2) is 5.68. The second-order valence-corrected chi connectivity index (χ2v) is 6.48. The molecule has 21 heavy (non-hydrogen) atoms. The third-order valence-corrected chi connectivity index (χ3v) is 3.34. The van der Waals surface area contributed by atoms with Gasteiger partial charge in [-0.05, 0) is 17.7 Å². The van der Waals surface area contributed by atoms with E-state index in [1.54, 1.807) is 0 Å². The Morgan fingerprint density at radius 3 is 2.48 bits per heavy atom. The normalized spacial score (nSPS) is 11.8. The average molecular weight is 318 g/mol. The molecule has 2 rings (SSSR count). The van der Waals surface area contributed by atoms with Crippen LogP contribution in [0.1, 0.15) is 5.76 Å². The summed E-state index contributed by atoms with van der Waals surface area (Å²) in [5.74, 6) is -0.260. The smallest absolute Gasteiger partial charge is 0.387 e. The fourth-order valence-corrected chi connectivity index (χ4v) is 2.46. The Bertz CT molecular complexity index is 726. The highest BCUT2D eigenvalue weighted by Gasteiger charge is 2.19. The Morgan fingerprint density at radius 1 is 1.33 bits per heavy atom. The van der Waals surface area contributed by atoms with Crippen molar-refractivity contribution in [2.75, 3.05) is 12.0 Å². The van der Waals surface area contributed by atoms with Crippen LogP contribution in [0.3, 0.4) is 0 Å². The summed E-state index contributed by atoms with van der Waals surface area (Å²) in [6.45, 7) is -2.92. The van der Waals surface area contributed by atoms with Crippen molar-refractivity contribution in [3.8, 4) is 16.9 Å². The minimum Gasteiger partial charge on any atom is -0.435 e. The van der Waals surface area contributed by atoms with Gasteiger partial charge < -0.3 is 15.0 Å². The molecule has 1 aromatic heterocycles. The lowest BCUT2D eigenvalue weighted by Crippen LogP contribution is -2.02. The van der Waals surface area contributed by atoms with Gasteiger partial charge in [-0.2, -0.15) is 8.78 Å². The summed E-state index contributed by atoms with van der Waals surface area (Å²) in [7, 11) is -3.33. The monoisotopic (exact) mass is 318 g/mol. The topological polar surface area (TPSA) is 95.4 Å². The molecule has 0 bridgehead atoms. The maximum atomic E-state index is 12.1. The van der Waals surface area contributed by atoms with Crippen LogP contribution in [0.4, 0.5) is 14.6 Å². The van der Waals surface area contributed by atoms with Crippen LogP contribution in [0.5, 0.6) is 5.75 Å². The van der Waals surface area contributed by atoms with Crippen molar-refractivity contribution < 1.29 is 26.5 Å². The van der Waals surface area contributed by atoms with Crippen LogP contribution in [-0.4, -0.2) is 26.4 Å². The van der Waals surface area contributed by atoms with Gasteiger partial charge in [0.2, 0.25) is 0 Å². The zero-order valence-electron chi connectivity index (χ0n) is 10.9. The molecule has 0 aliphatic rings. The van der Waals surface area contributed by atoms with Crippen molar-refractivity contribution in [1.82, 2.24) is 5.16 Å². The molecule has 2 N–H and O–H groups in total. The van der Waals surface area contributed by atoms with E-state index in [1.807, 2.05) is 0 Å². The van der Waals surface area contributed by atoms with Crippen LogP contribution in [-0.2, 0) is 15.6 Å². The van der Waals surface area contributed by atoms with Gasteiger partial charge in [0.15, 0.2) is 21.4 Å². The summed E-state index contributed by atoms with van der Waals surface area (Å²) < 4.78 is 56.0. The fraction of sp³-hybridized carbons (Fsp3) is 0.250. The molecule has 0 atom stereocenters. The highest BCUT2D eigenvalue weighted by atomic mass is 32.2. The number of benzene rings is 1. The lowest BCUT2D eigenvalue weighted by molar-refractivity contribution is -0.0498. The molecule has 9 heteroatoms. The van der Waals surface area contributed by atoms with Crippen molar-refractivity contribution in [2.24, 2.45) is 0 Å². The van der Waals surface area contributed by atoms with Crippen LogP contribution in [0.2, 0.25) is 0 Å². The van der Waals surface area contributed by atoms with E-state index >= 15 is 0 Å². The van der Waals surface area contributed by atoms with Gasteiger partial charge in [0.25, 0.3) is 0 Å². The maximum absolute atomic E-state index is 12.1. The molecule has 0 unspecified atom stereocenters. The molecular weight excluding hydrogens is 306 g/mol. The van der Waals surface area contributed by atoms with E-state index in [1.165, 1.54) is 24.3 Å². The lowest BCUT2D eigenvalue weighted by Gasteiger charge is -2.06. The first-order valence-electron chi connectivity index (χ1n) is 5.73. The van der Waals surface area contributed by atoms with E-state index in [-0.39, 0.29) is 23.1 Å². The fourth-order valence-electron chi connectivity index (χ4n) is 1.79. The first-order valence-corrected chi connectivity index (χ1v) is 7.79. The molecule has 1 aromatic carbocycles. The maximum Gasteiger partial charge on any atom is 0.387 e. The molecule has 114 valence electrons. The van der Waals surface area contributed by atoms with Gasteiger partial charge in [-0.25, -0.2) is 8.42 Å². The van der Waals surface area contributed by atoms with Gasteiger partial charge in [0, 0.05) is 6.26 Å². The molecule has 0 saturated heterocycles. The molecule has 0 radical (unpaired) electrons. The first-order chi connectivity index (χ1) is 9.76. The second-order valence-electron chi connectivity index (χ2n) is 4.34. The minimum atomic E-state index is -3.33. The van der Waals surface area contributed by atoms with Gasteiger partial charge in [0.05, 0.1) is 5.56 Å². The first kappa shape index (κ1) is 15.2. The minimum absolute atomic E-state index is 0.0200. The number of ether oxygens (including phenoxy) is 1. The Kier molecular flexibility index (Phi) is 4.12. The zero-order valence-corrected chi connectivity index (χ0v) is 11.7. The Balaban J connectivity index is 2.35. The standard InChI is InChI=1S/C12H12F2N2O4S/c1-21(17,18)6-9-10(11(15)16-20-9)7-2-4-8(5-3-7)19-12(13)14/h2-5,12H,6H2,1H3,(H2,15,16). The number of nitrogens with two attached hydrogens (primary N) is 1. The quantitative estimate of drug-likeness (QED) is 0.906. The van der Waals surface area contributed by atoms with Crippen molar-refractivity contribution in [1.29, 1.82) is 0 Å². The lowest BCUT2D eigenvalue weighted by atomic mass is 10.1. The van der Waals surface area contributed by atoms with Gasteiger partial charge in [-0.15, -0.1) is 0 Å². The third kappa shape index (κ3) is 3.91. The van der Waals surface area contributed by atoms with E-state index in [0.717, 1.165) is 6.26 Å². The number of halogens is 2. The number of anilines is 1. The number of sulfone groups is 1. The summed E-state index contributed by atoms with van der Waals surface area (Å²) in [6, 6.07) is 5.56. The average Bonchev–Trinajstić information content (AvgIpc) is 2.69. The summed E-state index contributed by atoms with van der Waals surface area (Å²) in [5.41, 5.74) is 6.48. The van der Waals surface area contributed by atoms with E-state index in [2.05, 4.69) is 9.89 Å². The van der Waals surface area contributed by atoms with Crippen molar-refractivity contribution in [2.45, 2.75) is 12.4 Å². The molecule has 2 aromatic rings. The van der Waals surface area contributed by atoms with E-state index in [0.29, 0.717) is 11.1 Å². The largest absolute Gasteiger partial charge is 0.435 e. The molecule has 0 aliphatic heterocycles. The summed E-state index contributed by atoms with van der Waals surface area (Å²) in [6.07, 6.45) is 1.05. The Morgan fingerprint density at radius 2 is 1.95 bits per heavy atom. The van der Waals surface area contributed by atoms with Gasteiger partial charge in [0.1, 0.15) is 11.5 Å². The zero-order chi connectivity index (χ0) is 15.6. The molecule has 1 heterocycles. The van der Waals surface area contributed by atoms with Crippen LogP contribution in [0.25, 0.3) is 11.1 Å². The number of rotatable bonds is 5. The number of nitrogen functional groups attached to an aromatic ring is 1. The van der Waals surface area contributed by atoms with Crippen LogP contribution >= 0.6 is 0 Å². The highest BCUT2D eigenvalue weighted by molar-refractivity contribution is 7.89. The van der Waals surface area contributed by atoms with E-state index in [9.17, 15) is 17.2 Å². The number of aromatic nitrogens is 1. The van der Waals surface area contributed by atoms with Crippen LogP contribution in [0.15, 0.2) is 28.8 Å². The number of alkyl halides is 2. The number of hydrogen-bond donors (Lipinski definition) is 1. The number of hydrogen-bond acceptors (Lipinski definition) is 6. The predicted molar refractivity (Wildman–Crippen MR) is 71.5 cm³/mol. The van der Waals surface area contributed by atoms with Gasteiger partial charge >= 0.3 is 6.61 Å². The molecule has 0 saturated carbocycles. The molecule has 0 spiro atoms. The van der Waals surface area contributed by atoms with Crippen molar-refractivity contribution >= 4 is 15.7 Å². The summed E-state index contributed by atoms with van der Waals surface area (Å²) in [5, 5.41) is 3.54. The highest BCUT2D eigenvalue weighted by Crippen LogP contribution is 2.32. The van der Waals surface area contributed by atoms with Crippen LogP contribution < -0.4 is 10.5 Å². The van der Waals surface area contributed by atoms with Crippen molar-refractivity contribution in [3.05, 3.63) is 30.0 Å². The number of nitrogens with zero attached hydrogens (tertiary/aromatic N) is 1. The van der Waals surface area contributed by atoms with Crippen molar-refractivity contribution in [3.63, 3.8) is 0 Å². The summed E-state index contributed by atoms with van der Waals surface area (Å²) in [4.78, 5) is 0. The van der Waals surface area contributed by atoms with E-state index < -0.39 is 16.4 Å². The predicted octanol–water partition coefficient (Wildman–Crippen LogP) is 2.07.